The lowest BCUT2D eigenvalue weighted by Gasteiger charge is -2.23. The molecule has 0 aliphatic carbocycles. The number of hydrogen-bond donors (Lipinski definition) is 0. The molecule has 6 nitrogen and oxygen atoms in total. The highest BCUT2D eigenvalue weighted by atomic mass is 32.2. The number of aromatic nitrogens is 1. The lowest BCUT2D eigenvalue weighted by Crippen LogP contribution is -2.43. The van der Waals surface area contributed by atoms with Gasteiger partial charge in [-0.05, 0) is 0 Å². The Hall–Kier alpha value is -0.540. The van der Waals surface area contributed by atoms with Crippen LogP contribution in [0, 0.1) is 0 Å². The van der Waals surface area contributed by atoms with Crippen molar-refractivity contribution in [3.8, 4) is 0 Å². The molecule has 0 bridgehead atoms. The molecular weight excluding hydrogens is 286 g/mol. The van der Waals surface area contributed by atoms with Gasteiger partial charge in [0.25, 0.3) is 0 Å². The standard InChI is InChI=1S/C11H17N3O3S2/c1-13-9-6-14(8-11-12-2-4-18-11)7-10(9)17-3-5-19(13,15)16/h2,4,9-10H,3,5-8H2,1H3/t9-,10+/m1/s1. The van der Waals surface area contributed by atoms with E-state index in [-0.39, 0.29) is 17.9 Å². The number of hydrogen-bond acceptors (Lipinski definition) is 6. The number of thiazole rings is 1. The highest BCUT2D eigenvalue weighted by Crippen LogP contribution is 2.25. The zero-order chi connectivity index (χ0) is 13.5. The molecule has 1 aromatic heterocycles. The van der Waals surface area contributed by atoms with E-state index in [0.717, 1.165) is 18.1 Å². The Morgan fingerprint density at radius 2 is 2.37 bits per heavy atom. The Bertz CT molecular complexity index is 531. The van der Waals surface area contributed by atoms with Crippen LogP contribution in [0.1, 0.15) is 5.01 Å². The normalized spacial score (nSPS) is 32.1. The van der Waals surface area contributed by atoms with Gasteiger partial charge in [0.15, 0.2) is 0 Å². The minimum atomic E-state index is -3.17. The topological polar surface area (TPSA) is 62.7 Å². The average Bonchev–Trinajstić information content (AvgIpc) is 2.96. The molecule has 19 heavy (non-hydrogen) atoms. The summed E-state index contributed by atoms with van der Waals surface area (Å²) in [4.78, 5) is 6.48. The summed E-state index contributed by atoms with van der Waals surface area (Å²) in [5, 5.41) is 3.01. The van der Waals surface area contributed by atoms with Gasteiger partial charge in [-0.3, -0.25) is 4.90 Å². The molecule has 0 radical (unpaired) electrons. The molecular formula is C11H17N3O3S2. The number of ether oxygens (including phenoxy) is 1. The molecule has 2 saturated heterocycles. The zero-order valence-corrected chi connectivity index (χ0v) is 12.4. The van der Waals surface area contributed by atoms with Crippen molar-refractivity contribution in [2.24, 2.45) is 0 Å². The van der Waals surface area contributed by atoms with Crippen LogP contribution in [0.4, 0.5) is 0 Å². The van der Waals surface area contributed by atoms with Crippen LogP contribution in [-0.4, -0.2) is 67.2 Å². The molecule has 3 heterocycles. The van der Waals surface area contributed by atoms with E-state index in [1.165, 1.54) is 4.31 Å². The number of likely N-dealkylation sites (N-methyl/N-ethyl adjacent to an activating group) is 1. The molecule has 2 aliphatic heterocycles. The number of rotatable bonds is 2. The maximum absolute atomic E-state index is 12.0. The first-order valence-electron chi connectivity index (χ1n) is 6.24. The van der Waals surface area contributed by atoms with E-state index in [9.17, 15) is 8.42 Å². The molecule has 1 aromatic rings. The van der Waals surface area contributed by atoms with Crippen molar-refractivity contribution in [1.82, 2.24) is 14.2 Å². The fourth-order valence-corrected chi connectivity index (χ4v) is 4.52. The summed E-state index contributed by atoms with van der Waals surface area (Å²) in [6, 6.07) is -0.0764. The molecule has 0 unspecified atom stereocenters. The summed E-state index contributed by atoms with van der Waals surface area (Å²) in [7, 11) is -1.51. The van der Waals surface area contributed by atoms with Gasteiger partial charge in [-0.25, -0.2) is 13.4 Å². The predicted molar refractivity (Wildman–Crippen MR) is 72.5 cm³/mol. The molecule has 0 saturated carbocycles. The van der Waals surface area contributed by atoms with Gasteiger partial charge in [0, 0.05) is 31.7 Å². The third kappa shape index (κ3) is 2.68. The molecule has 0 amide bonds. The number of fused-ring (bicyclic) bond motifs is 1. The highest BCUT2D eigenvalue weighted by molar-refractivity contribution is 7.89. The first-order valence-corrected chi connectivity index (χ1v) is 8.73. The fraction of sp³-hybridized carbons (Fsp3) is 0.727. The molecule has 0 spiro atoms. The van der Waals surface area contributed by atoms with Crippen LogP contribution in [0.5, 0.6) is 0 Å². The van der Waals surface area contributed by atoms with E-state index in [0.29, 0.717) is 13.2 Å². The van der Waals surface area contributed by atoms with Gasteiger partial charge in [0.2, 0.25) is 10.0 Å². The summed E-state index contributed by atoms with van der Waals surface area (Å²) < 4.78 is 31.2. The van der Waals surface area contributed by atoms with Gasteiger partial charge < -0.3 is 4.74 Å². The lowest BCUT2D eigenvalue weighted by atomic mass is 10.2. The molecule has 3 rings (SSSR count). The summed E-state index contributed by atoms with van der Waals surface area (Å²) in [5.41, 5.74) is 0. The second-order valence-electron chi connectivity index (χ2n) is 4.93. The van der Waals surface area contributed by atoms with Crippen molar-refractivity contribution in [3.05, 3.63) is 16.6 Å². The third-order valence-electron chi connectivity index (χ3n) is 3.73. The first-order chi connectivity index (χ1) is 9.06. The van der Waals surface area contributed by atoms with E-state index < -0.39 is 10.0 Å². The molecule has 2 fully saturated rings. The predicted octanol–water partition coefficient (Wildman–Crippen LogP) is -0.0123. The summed E-state index contributed by atoms with van der Waals surface area (Å²) in [6.45, 7) is 2.53. The minimum Gasteiger partial charge on any atom is -0.374 e. The highest BCUT2D eigenvalue weighted by Gasteiger charge is 2.42. The maximum Gasteiger partial charge on any atom is 0.216 e. The SMILES string of the molecule is CN1[C@@H]2CN(Cc3nccs3)C[C@@H]2OCCS1(=O)=O. The Morgan fingerprint density at radius 3 is 3.11 bits per heavy atom. The van der Waals surface area contributed by atoms with Crippen molar-refractivity contribution in [3.63, 3.8) is 0 Å². The maximum atomic E-state index is 12.0. The summed E-state index contributed by atoms with van der Waals surface area (Å²) >= 11 is 1.62. The lowest BCUT2D eigenvalue weighted by molar-refractivity contribution is 0.0500. The minimum absolute atomic E-state index is 0.0257. The van der Waals surface area contributed by atoms with Crippen LogP contribution in [-0.2, 0) is 21.3 Å². The first kappa shape index (κ1) is 13.4. The van der Waals surface area contributed by atoms with Crippen molar-refractivity contribution < 1.29 is 13.2 Å². The Balaban J connectivity index is 1.73. The van der Waals surface area contributed by atoms with E-state index in [1.807, 2.05) is 5.38 Å². The molecule has 2 atom stereocenters. The molecule has 8 heteroatoms. The van der Waals surface area contributed by atoms with E-state index in [4.69, 9.17) is 4.74 Å². The van der Waals surface area contributed by atoms with Crippen LogP contribution >= 0.6 is 11.3 Å². The van der Waals surface area contributed by atoms with Gasteiger partial charge in [-0.15, -0.1) is 11.3 Å². The molecule has 0 aromatic carbocycles. The van der Waals surface area contributed by atoms with E-state index in [2.05, 4.69) is 9.88 Å². The van der Waals surface area contributed by atoms with Gasteiger partial charge >= 0.3 is 0 Å². The van der Waals surface area contributed by atoms with Gasteiger partial charge in [-0.1, -0.05) is 0 Å². The summed E-state index contributed by atoms with van der Waals surface area (Å²) in [5.74, 6) is 0.0863. The van der Waals surface area contributed by atoms with Crippen molar-refractivity contribution in [1.29, 1.82) is 0 Å². The summed E-state index contributed by atoms with van der Waals surface area (Å²) in [6.07, 6.45) is 1.77. The Labute approximate surface area is 117 Å². The van der Waals surface area contributed by atoms with Gasteiger partial charge in [0.1, 0.15) is 5.01 Å². The van der Waals surface area contributed by atoms with Crippen LogP contribution in [0.15, 0.2) is 11.6 Å². The average molecular weight is 303 g/mol. The van der Waals surface area contributed by atoms with Crippen LogP contribution in [0.2, 0.25) is 0 Å². The number of sulfonamides is 1. The zero-order valence-electron chi connectivity index (χ0n) is 10.7. The number of likely N-dealkylation sites (tertiary alicyclic amines) is 1. The third-order valence-corrected chi connectivity index (χ3v) is 6.33. The quantitative estimate of drug-likeness (QED) is 0.769. The molecule has 106 valence electrons. The molecule has 2 aliphatic rings. The van der Waals surface area contributed by atoms with Crippen molar-refractivity contribution in [2.75, 3.05) is 32.5 Å². The largest absolute Gasteiger partial charge is 0.374 e. The second kappa shape index (κ2) is 5.10. The second-order valence-corrected chi connectivity index (χ2v) is 8.06. The molecule has 0 N–H and O–H groups in total. The van der Waals surface area contributed by atoms with Crippen LogP contribution < -0.4 is 0 Å². The monoisotopic (exact) mass is 303 g/mol. The van der Waals surface area contributed by atoms with Gasteiger partial charge in [-0.2, -0.15) is 4.31 Å². The number of nitrogens with zero attached hydrogens (tertiary/aromatic N) is 3. The van der Waals surface area contributed by atoms with Gasteiger partial charge in [0.05, 0.1) is 31.1 Å². The Kier molecular flexibility index (Phi) is 3.61. The van der Waals surface area contributed by atoms with E-state index >= 15 is 0 Å². The van der Waals surface area contributed by atoms with Crippen molar-refractivity contribution in [2.45, 2.75) is 18.7 Å². The fourth-order valence-electron chi connectivity index (χ4n) is 2.65. The van der Waals surface area contributed by atoms with Crippen molar-refractivity contribution >= 4 is 21.4 Å². The van der Waals surface area contributed by atoms with E-state index in [1.54, 1.807) is 24.6 Å². The van der Waals surface area contributed by atoms with Crippen LogP contribution in [0.25, 0.3) is 0 Å². The van der Waals surface area contributed by atoms with Crippen LogP contribution in [0.3, 0.4) is 0 Å². The smallest absolute Gasteiger partial charge is 0.216 e. The Morgan fingerprint density at radius 1 is 1.53 bits per heavy atom.